The lowest BCUT2D eigenvalue weighted by Gasteiger charge is -2.31. The lowest BCUT2D eigenvalue weighted by Crippen LogP contribution is -2.51. The molecule has 2 amide bonds. The van der Waals surface area contributed by atoms with Crippen LogP contribution in [-0.2, 0) is 22.6 Å². The molecule has 4 nitrogen and oxygen atoms in total. The van der Waals surface area contributed by atoms with E-state index in [0.717, 1.165) is 42.4 Å². The van der Waals surface area contributed by atoms with Crippen LogP contribution >= 0.6 is 11.6 Å². The maximum absolute atomic E-state index is 13.3. The minimum Gasteiger partial charge on any atom is -0.352 e. The molecule has 0 saturated heterocycles. The largest absolute Gasteiger partial charge is 0.352 e. The number of amides is 2. The zero-order chi connectivity index (χ0) is 21.5. The molecular weight excluding hydrogens is 396 g/mol. The van der Waals surface area contributed by atoms with Crippen molar-refractivity contribution in [3.63, 3.8) is 0 Å². The molecule has 1 aliphatic rings. The van der Waals surface area contributed by atoms with Crippen LogP contribution in [0.4, 0.5) is 0 Å². The van der Waals surface area contributed by atoms with Gasteiger partial charge in [0, 0.05) is 17.6 Å². The average molecular weight is 427 g/mol. The summed E-state index contributed by atoms with van der Waals surface area (Å²) in [5, 5.41) is 3.83. The van der Waals surface area contributed by atoms with Crippen molar-refractivity contribution in [1.82, 2.24) is 10.2 Å². The fourth-order valence-corrected chi connectivity index (χ4v) is 4.18. The van der Waals surface area contributed by atoms with Crippen LogP contribution in [0.15, 0.2) is 48.5 Å². The van der Waals surface area contributed by atoms with Crippen molar-refractivity contribution in [2.45, 2.75) is 71.0 Å². The topological polar surface area (TPSA) is 49.4 Å². The summed E-state index contributed by atoms with van der Waals surface area (Å²) < 4.78 is 0. The number of nitrogens with one attached hydrogen (secondary N) is 1. The van der Waals surface area contributed by atoms with Crippen LogP contribution in [0.5, 0.6) is 0 Å². The monoisotopic (exact) mass is 426 g/mol. The molecule has 3 rings (SSSR count). The van der Waals surface area contributed by atoms with Gasteiger partial charge in [-0.1, -0.05) is 73.3 Å². The molecule has 0 aliphatic heterocycles. The minimum atomic E-state index is -0.487. The molecule has 1 atom stereocenters. The Morgan fingerprint density at radius 2 is 1.63 bits per heavy atom. The summed E-state index contributed by atoms with van der Waals surface area (Å²) in [6.45, 7) is 4.38. The Labute approximate surface area is 184 Å². The third-order valence-corrected chi connectivity index (χ3v) is 6.08. The van der Waals surface area contributed by atoms with E-state index in [4.69, 9.17) is 11.6 Å². The highest BCUT2D eigenvalue weighted by molar-refractivity contribution is 6.30. The second kappa shape index (κ2) is 10.6. The predicted octanol–water partition coefficient (Wildman–Crippen LogP) is 5.06. The van der Waals surface area contributed by atoms with E-state index in [-0.39, 0.29) is 24.3 Å². The molecule has 160 valence electrons. The summed E-state index contributed by atoms with van der Waals surface area (Å²) in [7, 11) is 0. The summed E-state index contributed by atoms with van der Waals surface area (Å²) in [5.74, 6) is -0.0853. The molecule has 0 spiro atoms. The van der Waals surface area contributed by atoms with Gasteiger partial charge in [-0.3, -0.25) is 9.59 Å². The third-order valence-electron chi connectivity index (χ3n) is 5.83. The summed E-state index contributed by atoms with van der Waals surface area (Å²) in [4.78, 5) is 28.2. The van der Waals surface area contributed by atoms with Gasteiger partial charge < -0.3 is 10.2 Å². The van der Waals surface area contributed by atoms with Crippen molar-refractivity contribution in [3.05, 3.63) is 70.2 Å². The number of nitrogens with zero attached hydrogens (tertiary/aromatic N) is 1. The number of rotatable bonds is 8. The number of carbonyl (C=O) groups is 2. The number of hydrogen-bond acceptors (Lipinski definition) is 2. The van der Waals surface area contributed by atoms with E-state index in [9.17, 15) is 9.59 Å². The fourth-order valence-electron chi connectivity index (χ4n) is 4.06. The van der Waals surface area contributed by atoms with Gasteiger partial charge in [-0.05, 0) is 49.4 Å². The van der Waals surface area contributed by atoms with Gasteiger partial charge in [-0.25, -0.2) is 0 Å². The van der Waals surface area contributed by atoms with Crippen molar-refractivity contribution in [2.75, 3.05) is 0 Å². The smallest absolute Gasteiger partial charge is 0.243 e. The van der Waals surface area contributed by atoms with Crippen molar-refractivity contribution < 1.29 is 9.59 Å². The third kappa shape index (κ3) is 6.09. The van der Waals surface area contributed by atoms with E-state index in [1.165, 1.54) is 0 Å². The zero-order valence-corrected chi connectivity index (χ0v) is 18.6. The quantitative estimate of drug-likeness (QED) is 0.641. The van der Waals surface area contributed by atoms with E-state index in [2.05, 4.69) is 5.32 Å². The highest BCUT2D eigenvalue weighted by atomic mass is 35.5. The molecule has 2 aromatic rings. The number of carbonyl (C=O) groups excluding carboxylic acids is 2. The van der Waals surface area contributed by atoms with Gasteiger partial charge in [0.2, 0.25) is 11.8 Å². The average Bonchev–Trinajstić information content (AvgIpc) is 3.24. The molecule has 0 heterocycles. The van der Waals surface area contributed by atoms with Gasteiger partial charge in [0.25, 0.3) is 0 Å². The molecule has 1 aliphatic carbocycles. The Balaban J connectivity index is 1.80. The Kier molecular flexibility index (Phi) is 7.92. The first-order chi connectivity index (χ1) is 14.5. The van der Waals surface area contributed by atoms with Crippen LogP contribution in [0.1, 0.15) is 55.7 Å². The first-order valence-electron chi connectivity index (χ1n) is 10.9. The zero-order valence-electron chi connectivity index (χ0n) is 17.9. The molecule has 30 heavy (non-hydrogen) atoms. The summed E-state index contributed by atoms with van der Waals surface area (Å²) in [6.07, 6.45) is 5.21. The van der Waals surface area contributed by atoms with Gasteiger partial charge >= 0.3 is 0 Å². The Bertz CT molecular complexity index is 842. The normalized spacial score (nSPS) is 15.0. The van der Waals surface area contributed by atoms with Crippen LogP contribution in [0.2, 0.25) is 5.02 Å². The van der Waals surface area contributed by atoms with Crippen molar-refractivity contribution in [3.8, 4) is 0 Å². The second-order valence-electron chi connectivity index (χ2n) is 8.22. The van der Waals surface area contributed by atoms with Crippen LogP contribution in [0, 0.1) is 6.92 Å². The van der Waals surface area contributed by atoms with Crippen molar-refractivity contribution in [2.24, 2.45) is 0 Å². The highest BCUT2D eigenvalue weighted by Crippen LogP contribution is 2.20. The maximum atomic E-state index is 13.3. The summed E-state index contributed by atoms with van der Waals surface area (Å²) >= 11 is 6.02. The minimum absolute atomic E-state index is 0.0396. The Morgan fingerprint density at radius 3 is 2.23 bits per heavy atom. The van der Waals surface area contributed by atoms with E-state index < -0.39 is 6.04 Å². The van der Waals surface area contributed by atoms with Gasteiger partial charge in [0.1, 0.15) is 6.04 Å². The van der Waals surface area contributed by atoms with Gasteiger partial charge in [-0.15, -0.1) is 0 Å². The van der Waals surface area contributed by atoms with Gasteiger partial charge in [0.15, 0.2) is 0 Å². The molecule has 1 fully saturated rings. The SMILES string of the molecule is CC[C@@H](C(=O)NC1CCCC1)N(Cc1ccc(Cl)cc1)C(=O)Cc1ccc(C)cc1. The van der Waals surface area contributed by atoms with E-state index >= 15 is 0 Å². The molecular formula is C25H31ClN2O2. The van der Waals surface area contributed by atoms with Crippen molar-refractivity contribution in [1.29, 1.82) is 0 Å². The second-order valence-corrected chi connectivity index (χ2v) is 8.66. The molecule has 0 bridgehead atoms. The molecule has 5 heteroatoms. The van der Waals surface area contributed by atoms with Crippen molar-refractivity contribution >= 4 is 23.4 Å². The number of hydrogen-bond donors (Lipinski definition) is 1. The van der Waals surface area contributed by atoms with Crippen LogP contribution < -0.4 is 5.32 Å². The lowest BCUT2D eigenvalue weighted by atomic mass is 10.1. The number of aryl methyl sites for hydroxylation is 1. The van der Waals surface area contributed by atoms with Gasteiger partial charge in [-0.2, -0.15) is 0 Å². The van der Waals surface area contributed by atoms with Crippen LogP contribution in [0.25, 0.3) is 0 Å². The first kappa shape index (κ1) is 22.4. The van der Waals surface area contributed by atoms with Gasteiger partial charge in [0.05, 0.1) is 6.42 Å². The molecule has 0 unspecified atom stereocenters. The Morgan fingerprint density at radius 1 is 1.03 bits per heavy atom. The lowest BCUT2D eigenvalue weighted by molar-refractivity contribution is -0.141. The molecule has 1 N–H and O–H groups in total. The molecule has 2 aromatic carbocycles. The highest BCUT2D eigenvalue weighted by Gasteiger charge is 2.30. The maximum Gasteiger partial charge on any atom is 0.243 e. The van der Waals surface area contributed by atoms with E-state index in [1.54, 1.807) is 4.90 Å². The van der Waals surface area contributed by atoms with Crippen LogP contribution in [-0.4, -0.2) is 28.8 Å². The van der Waals surface area contributed by atoms with E-state index in [1.807, 2.05) is 62.4 Å². The first-order valence-corrected chi connectivity index (χ1v) is 11.2. The fraction of sp³-hybridized carbons (Fsp3) is 0.440. The summed E-state index contributed by atoms with van der Waals surface area (Å²) in [5.41, 5.74) is 3.08. The Hall–Kier alpha value is -2.33. The number of benzene rings is 2. The van der Waals surface area contributed by atoms with E-state index in [0.29, 0.717) is 18.0 Å². The molecule has 0 radical (unpaired) electrons. The van der Waals surface area contributed by atoms with Crippen LogP contribution in [0.3, 0.4) is 0 Å². The predicted molar refractivity (Wildman–Crippen MR) is 121 cm³/mol. The standard InChI is InChI=1S/C25H31ClN2O2/c1-3-23(25(30)27-22-6-4-5-7-22)28(17-20-12-14-21(26)15-13-20)24(29)16-19-10-8-18(2)9-11-19/h8-15,22-23H,3-7,16-17H2,1-2H3,(H,27,30)/t23-/m0/s1. The molecule has 1 saturated carbocycles. The summed E-state index contributed by atoms with van der Waals surface area (Å²) in [6, 6.07) is 15.2. The number of halogens is 1. The molecule has 0 aromatic heterocycles.